The minimum absolute atomic E-state index is 0.0238. The minimum Gasteiger partial charge on any atom is -0.446 e. The van der Waals surface area contributed by atoms with Gasteiger partial charge in [-0.2, -0.15) is 0 Å². The van der Waals surface area contributed by atoms with Gasteiger partial charge in [0, 0.05) is 19.6 Å². The van der Waals surface area contributed by atoms with Crippen LogP contribution in [0.2, 0.25) is 0 Å². The highest BCUT2D eigenvalue weighted by molar-refractivity contribution is 7.51. The number of carbonyl (C=O) groups is 1. The summed E-state index contributed by atoms with van der Waals surface area (Å²) >= 11 is 0. The van der Waals surface area contributed by atoms with Crippen LogP contribution >= 0.6 is 7.60 Å². The second kappa shape index (κ2) is 13.4. The quantitative estimate of drug-likeness (QED) is 0.158. The number of aliphatic hydroxyl groups excluding tert-OH is 1. The van der Waals surface area contributed by atoms with Crippen molar-refractivity contribution in [1.29, 1.82) is 0 Å². The molecule has 2 unspecified atom stereocenters. The second-order valence-corrected chi connectivity index (χ2v) is 16.9. The van der Waals surface area contributed by atoms with Crippen molar-refractivity contribution in [2.24, 2.45) is 46.3 Å². The van der Waals surface area contributed by atoms with Gasteiger partial charge in [-0.25, -0.2) is 4.79 Å². The van der Waals surface area contributed by atoms with E-state index < -0.39 is 19.8 Å². The van der Waals surface area contributed by atoms with Crippen molar-refractivity contribution in [2.45, 2.75) is 124 Å². The third kappa shape index (κ3) is 7.80. The van der Waals surface area contributed by atoms with Crippen LogP contribution in [0.25, 0.3) is 0 Å². The zero-order valence-electron chi connectivity index (χ0n) is 26.6. The molecular weight excluding hydrogens is 537 g/mol. The van der Waals surface area contributed by atoms with E-state index in [2.05, 4.69) is 46.0 Å². The number of fused-ring (bicyclic) bond motifs is 5. The van der Waals surface area contributed by atoms with Crippen LogP contribution in [-0.2, 0) is 13.8 Å². The summed E-state index contributed by atoms with van der Waals surface area (Å²) < 4.78 is 21.8. The van der Waals surface area contributed by atoms with E-state index in [9.17, 15) is 19.4 Å². The van der Waals surface area contributed by atoms with Gasteiger partial charge in [0.15, 0.2) is 0 Å². The SMILES string of the molecule is CC(C)CCC[C@@H](C)[C@H]1CC[C@H]2[C@@H]3CC=C4C[C@@H](OC(=O)NCC(O)CCOP(C)(=O)O)CC[C@]4(C)[C@H]3CC[C@]12C. The lowest BCUT2D eigenvalue weighted by molar-refractivity contribution is -0.0582. The zero-order chi connectivity index (χ0) is 30.0. The van der Waals surface area contributed by atoms with Crippen molar-refractivity contribution in [1.82, 2.24) is 5.32 Å². The van der Waals surface area contributed by atoms with Crippen molar-refractivity contribution in [3.05, 3.63) is 11.6 Å². The van der Waals surface area contributed by atoms with E-state index in [1.165, 1.54) is 56.9 Å². The van der Waals surface area contributed by atoms with Crippen molar-refractivity contribution in [3.8, 4) is 0 Å². The average molecular weight is 596 g/mol. The number of nitrogens with one attached hydrogen (secondary N) is 1. The third-order valence-electron chi connectivity index (χ3n) is 11.8. The van der Waals surface area contributed by atoms with Crippen LogP contribution in [0.3, 0.4) is 0 Å². The maximum atomic E-state index is 12.5. The Kier molecular flexibility index (Phi) is 10.8. The lowest BCUT2D eigenvalue weighted by Crippen LogP contribution is -2.51. The fourth-order valence-electron chi connectivity index (χ4n) is 9.61. The second-order valence-electron chi connectivity index (χ2n) is 15.0. The first-order chi connectivity index (χ1) is 19.2. The summed E-state index contributed by atoms with van der Waals surface area (Å²) in [7, 11) is -3.56. The van der Waals surface area contributed by atoms with Gasteiger partial charge in [-0.3, -0.25) is 4.57 Å². The molecule has 0 bridgehead atoms. The van der Waals surface area contributed by atoms with E-state index in [1.54, 1.807) is 0 Å². The Labute approximate surface area is 249 Å². The van der Waals surface area contributed by atoms with Crippen molar-refractivity contribution in [3.63, 3.8) is 0 Å². The number of rotatable bonds is 12. The van der Waals surface area contributed by atoms with Gasteiger partial charge in [0.25, 0.3) is 0 Å². The highest BCUT2D eigenvalue weighted by Gasteiger charge is 2.59. The topological polar surface area (TPSA) is 105 Å². The number of allylic oxidation sites excluding steroid dienone is 1. The third-order valence-corrected chi connectivity index (χ3v) is 12.5. The Morgan fingerprint density at radius 1 is 1.10 bits per heavy atom. The molecule has 4 aliphatic carbocycles. The number of aliphatic hydroxyl groups is 1. The Balaban J connectivity index is 1.29. The zero-order valence-corrected chi connectivity index (χ0v) is 27.5. The van der Waals surface area contributed by atoms with Crippen LogP contribution in [0.1, 0.15) is 112 Å². The summed E-state index contributed by atoms with van der Waals surface area (Å²) in [6.07, 6.45) is 14.7. The van der Waals surface area contributed by atoms with Crippen molar-refractivity contribution < 1.29 is 28.6 Å². The van der Waals surface area contributed by atoms with E-state index in [4.69, 9.17) is 9.26 Å². The van der Waals surface area contributed by atoms with Gasteiger partial charge in [0.1, 0.15) is 6.10 Å². The molecule has 3 N–H and O–H groups in total. The number of hydrogen-bond donors (Lipinski definition) is 3. The molecule has 10 atom stereocenters. The van der Waals surface area contributed by atoms with Gasteiger partial charge in [0.05, 0.1) is 12.7 Å². The van der Waals surface area contributed by atoms with E-state index >= 15 is 0 Å². The first-order valence-electron chi connectivity index (χ1n) is 16.5. The maximum absolute atomic E-state index is 12.5. The molecule has 236 valence electrons. The van der Waals surface area contributed by atoms with Crippen LogP contribution in [0.15, 0.2) is 11.6 Å². The Bertz CT molecular complexity index is 979. The highest BCUT2D eigenvalue weighted by Crippen LogP contribution is 2.67. The number of ether oxygens (including phenoxy) is 1. The van der Waals surface area contributed by atoms with Gasteiger partial charge >= 0.3 is 13.7 Å². The van der Waals surface area contributed by atoms with Crippen LogP contribution < -0.4 is 5.32 Å². The molecule has 1 amide bonds. The molecule has 0 aliphatic heterocycles. The van der Waals surface area contributed by atoms with E-state index in [0.717, 1.165) is 61.4 Å². The minimum atomic E-state index is -3.56. The van der Waals surface area contributed by atoms with Gasteiger partial charge in [-0.15, -0.1) is 0 Å². The molecule has 3 saturated carbocycles. The fourth-order valence-corrected chi connectivity index (χ4v) is 10.1. The number of alkyl carbamates (subject to hydrolysis) is 1. The predicted molar refractivity (Wildman–Crippen MR) is 164 cm³/mol. The molecule has 3 fully saturated rings. The summed E-state index contributed by atoms with van der Waals surface area (Å²) in [5.74, 6) is 4.87. The summed E-state index contributed by atoms with van der Waals surface area (Å²) in [5, 5.41) is 12.7. The molecule has 0 aromatic carbocycles. The van der Waals surface area contributed by atoms with E-state index in [1.807, 2.05) is 0 Å². The number of amides is 1. The molecule has 41 heavy (non-hydrogen) atoms. The molecule has 8 heteroatoms. The van der Waals surface area contributed by atoms with E-state index in [-0.39, 0.29) is 31.1 Å². The van der Waals surface area contributed by atoms with Gasteiger partial charge in [0.2, 0.25) is 0 Å². The van der Waals surface area contributed by atoms with Crippen LogP contribution in [-0.4, -0.2) is 48.1 Å². The molecule has 0 radical (unpaired) electrons. The average Bonchev–Trinajstić information content (AvgIpc) is 3.24. The Morgan fingerprint density at radius 3 is 2.56 bits per heavy atom. The predicted octanol–water partition coefficient (Wildman–Crippen LogP) is 7.71. The first-order valence-corrected chi connectivity index (χ1v) is 18.5. The highest BCUT2D eigenvalue weighted by atomic mass is 31.2. The first kappa shape index (κ1) is 33.0. The summed E-state index contributed by atoms with van der Waals surface area (Å²) in [5.41, 5.74) is 2.19. The Hall–Kier alpha value is -0.880. The lowest BCUT2D eigenvalue weighted by atomic mass is 9.47. The number of carbonyl (C=O) groups excluding carboxylic acids is 1. The van der Waals surface area contributed by atoms with Gasteiger partial charge in [-0.1, -0.05) is 65.5 Å². The Morgan fingerprint density at radius 2 is 1.85 bits per heavy atom. The molecule has 0 aromatic rings. The number of hydrogen-bond acceptors (Lipinski definition) is 5. The fraction of sp³-hybridized carbons (Fsp3) is 0.909. The summed E-state index contributed by atoms with van der Waals surface area (Å²) in [4.78, 5) is 21.7. The largest absolute Gasteiger partial charge is 0.446 e. The smallest absolute Gasteiger partial charge is 0.407 e. The summed E-state index contributed by atoms with van der Waals surface area (Å²) in [6.45, 7) is 13.5. The van der Waals surface area contributed by atoms with Crippen LogP contribution in [0.5, 0.6) is 0 Å². The van der Waals surface area contributed by atoms with Crippen molar-refractivity contribution in [2.75, 3.05) is 19.8 Å². The van der Waals surface area contributed by atoms with E-state index in [0.29, 0.717) is 5.41 Å². The molecule has 4 aliphatic rings. The van der Waals surface area contributed by atoms with Crippen LogP contribution in [0, 0.1) is 46.3 Å². The van der Waals surface area contributed by atoms with Crippen molar-refractivity contribution >= 4 is 13.7 Å². The normalized spacial score (nSPS) is 37.7. The molecule has 0 saturated heterocycles. The molecule has 7 nitrogen and oxygen atoms in total. The maximum Gasteiger partial charge on any atom is 0.407 e. The molecule has 4 rings (SSSR count). The standard InChI is InChI=1S/C33H58NO6P/c1-22(2)8-7-9-23(3)28-12-13-29-27-11-10-24-20-26(14-17-32(24,4)30(27)15-18-33(28,29)5)40-31(36)34-21-25(35)16-19-39-41(6,37)38/h10,22-23,25-30,35H,7-9,11-21H2,1-6H3,(H,34,36)(H,37,38)/t23-,25?,26+,27+,28-,29+,30+,32+,33-/m1/s1. The summed E-state index contributed by atoms with van der Waals surface area (Å²) in [6, 6.07) is 0. The molecule has 0 heterocycles. The monoisotopic (exact) mass is 595 g/mol. The molecule has 0 aromatic heterocycles. The molecular formula is C33H58NO6P. The van der Waals surface area contributed by atoms with Gasteiger partial charge in [-0.05, 0) is 97.7 Å². The van der Waals surface area contributed by atoms with Gasteiger partial charge < -0.3 is 24.6 Å². The van der Waals surface area contributed by atoms with Crippen LogP contribution in [0.4, 0.5) is 4.79 Å². The molecule has 0 spiro atoms. The lowest BCUT2D eigenvalue weighted by Gasteiger charge is -2.58.